The minimum Gasteiger partial charge on any atom is -0.357 e. The van der Waals surface area contributed by atoms with Gasteiger partial charge in [-0.1, -0.05) is 45.0 Å². The van der Waals surface area contributed by atoms with Crippen molar-refractivity contribution in [2.45, 2.75) is 46.5 Å². The zero-order valence-electron chi connectivity index (χ0n) is 15.0. The molecule has 0 fully saturated rings. The van der Waals surface area contributed by atoms with Crippen molar-refractivity contribution in [3.63, 3.8) is 0 Å². The predicted octanol–water partition coefficient (Wildman–Crippen LogP) is 4.09. The number of anilines is 1. The lowest BCUT2D eigenvalue weighted by Gasteiger charge is -2.22. The van der Waals surface area contributed by atoms with Gasteiger partial charge in [0.2, 0.25) is 0 Å². The van der Waals surface area contributed by atoms with Crippen LogP contribution < -0.4 is 4.90 Å². The van der Waals surface area contributed by atoms with Gasteiger partial charge >= 0.3 is 0 Å². The third kappa shape index (κ3) is 4.88. The van der Waals surface area contributed by atoms with E-state index in [-0.39, 0.29) is 5.78 Å². The highest BCUT2D eigenvalue weighted by Crippen LogP contribution is 2.14. The number of aromatic nitrogens is 2. The monoisotopic (exact) mass is 325 g/mol. The van der Waals surface area contributed by atoms with E-state index in [0.29, 0.717) is 12.1 Å². The predicted molar refractivity (Wildman–Crippen MR) is 98.7 cm³/mol. The molecule has 0 spiro atoms. The molecule has 128 valence electrons. The van der Waals surface area contributed by atoms with E-state index in [0.717, 1.165) is 43.7 Å². The van der Waals surface area contributed by atoms with Gasteiger partial charge in [0.15, 0.2) is 5.78 Å². The number of Topliss-reactive ketones (excluding diaryl/α,β-unsaturated/α-hetero) is 1. The molecule has 0 aliphatic rings. The Hall–Kier alpha value is -2.23. The first-order valence-corrected chi connectivity index (χ1v) is 8.85. The number of hydrogen-bond donors (Lipinski definition) is 0. The van der Waals surface area contributed by atoms with Crippen molar-refractivity contribution in [2.24, 2.45) is 0 Å². The molecule has 4 heteroatoms. The second-order valence-corrected chi connectivity index (χ2v) is 6.02. The van der Waals surface area contributed by atoms with Crippen LogP contribution in [0, 0.1) is 0 Å². The molecule has 0 aliphatic carbocycles. The van der Waals surface area contributed by atoms with E-state index in [4.69, 9.17) is 0 Å². The standard InChI is InChI=1S/C20H27N3O/c1-4-11-23(12-5-2)20-14-18(21-15-22-20)19(24)13-17-9-7-16(6-3)8-10-17/h7-10,14-15H,4-6,11-13H2,1-3H3. The Morgan fingerprint density at radius 1 is 0.958 bits per heavy atom. The molecular formula is C20H27N3O. The second-order valence-electron chi connectivity index (χ2n) is 6.02. The molecule has 0 atom stereocenters. The Kier molecular flexibility index (Phi) is 6.91. The average molecular weight is 325 g/mol. The van der Waals surface area contributed by atoms with Crippen LogP contribution in [0.4, 0.5) is 5.82 Å². The summed E-state index contributed by atoms with van der Waals surface area (Å²) < 4.78 is 0. The topological polar surface area (TPSA) is 46.1 Å². The number of rotatable bonds is 9. The van der Waals surface area contributed by atoms with Crippen molar-refractivity contribution in [1.29, 1.82) is 0 Å². The first kappa shape index (κ1) is 18.1. The van der Waals surface area contributed by atoms with E-state index in [1.165, 1.54) is 11.9 Å². The van der Waals surface area contributed by atoms with Gasteiger partial charge in [-0.15, -0.1) is 0 Å². The van der Waals surface area contributed by atoms with E-state index in [1.54, 1.807) is 0 Å². The first-order chi connectivity index (χ1) is 11.7. The van der Waals surface area contributed by atoms with Crippen molar-refractivity contribution >= 4 is 11.6 Å². The van der Waals surface area contributed by atoms with Gasteiger partial charge in [0.1, 0.15) is 17.8 Å². The van der Waals surface area contributed by atoms with Crippen LogP contribution in [0.25, 0.3) is 0 Å². The molecule has 0 N–H and O–H groups in total. The third-order valence-corrected chi connectivity index (χ3v) is 4.05. The second kappa shape index (κ2) is 9.16. The molecular weight excluding hydrogens is 298 g/mol. The first-order valence-electron chi connectivity index (χ1n) is 8.85. The van der Waals surface area contributed by atoms with Crippen LogP contribution in [0.3, 0.4) is 0 Å². The molecule has 0 bridgehead atoms. The maximum absolute atomic E-state index is 12.6. The zero-order valence-corrected chi connectivity index (χ0v) is 15.0. The van der Waals surface area contributed by atoms with Gasteiger partial charge in [-0.3, -0.25) is 4.79 Å². The smallest absolute Gasteiger partial charge is 0.185 e. The summed E-state index contributed by atoms with van der Waals surface area (Å²) in [5.41, 5.74) is 2.80. The summed E-state index contributed by atoms with van der Waals surface area (Å²) in [6.45, 7) is 8.31. The fraction of sp³-hybridized carbons (Fsp3) is 0.450. The van der Waals surface area contributed by atoms with E-state index < -0.39 is 0 Å². The summed E-state index contributed by atoms with van der Waals surface area (Å²) in [6, 6.07) is 10.0. The van der Waals surface area contributed by atoms with E-state index in [2.05, 4.69) is 47.8 Å². The molecule has 1 heterocycles. The average Bonchev–Trinajstić information content (AvgIpc) is 2.62. The van der Waals surface area contributed by atoms with Crippen LogP contribution in [-0.4, -0.2) is 28.8 Å². The van der Waals surface area contributed by atoms with Gasteiger partial charge in [0.05, 0.1) is 0 Å². The lowest BCUT2D eigenvalue weighted by molar-refractivity contribution is 0.0988. The Bertz CT molecular complexity index is 646. The molecule has 0 radical (unpaired) electrons. The number of hydrogen-bond acceptors (Lipinski definition) is 4. The largest absolute Gasteiger partial charge is 0.357 e. The van der Waals surface area contributed by atoms with E-state index in [1.807, 2.05) is 18.2 Å². The number of ketones is 1. The van der Waals surface area contributed by atoms with Crippen molar-refractivity contribution in [1.82, 2.24) is 9.97 Å². The van der Waals surface area contributed by atoms with E-state index in [9.17, 15) is 4.79 Å². The quantitative estimate of drug-likeness (QED) is 0.651. The highest BCUT2D eigenvalue weighted by atomic mass is 16.1. The summed E-state index contributed by atoms with van der Waals surface area (Å²) >= 11 is 0. The Morgan fingerprint density at radius 3 is 2.17 bits per heavy atom. The van der Waals surface area contributed by atoms with Crippen LogP contribution in [0.1, 0.15) is 55.2 Å². The molecule has 1 aromatic carbocycles. The maximum atomic E-state index is 12.6. The lowest BCUT2D eigenvalue weighted by atomic mass is 10.0. The summed E-state index contributed by atoms with van der Waals surface area (Å²) in [6.07, 6.45) is 4.99. The number of aryl methyl sites for hydroxylation is 1. The Labute approximate surface area is 144 Å². The molecule has 0 saturated carbocycles. The number of benzene rings is 1. The molecule has 24 heavy (non-hydrogen) atoms. The van der Waals surface area contributed by atoms with Crippen LogP contribution in [0.2, 0.25) is 0 Å². The van der Waals surface area contributed by atoms with Gasteiger partial charge in [-0.2, -0.15) is 0 Å². The van der Waals surface area contributed by atoms with E-state index >= 15 is 0 Å². The highest BCUT2D eigenvalue weighted by Gasteiger charge is 2.13. The molecule has 0 aliphatic heterocycles. The molecule has 0 saturated heterocycles. The van der Waals surface area contributed by atoms with Crippen molar-refractivity contribution in [3.05, 3.63) is 53.5 Å². The van der Waals surface area contributed by atoms with Crippen LogP contribution >= 0.6 is 0 Å². The van der Waals surface area contributed by atoms with Crippen molar-refractivity contribution in [3.8, 4) is 0 Å². The number of carbonyl (C=O) groups is 1. The van der Waals surface area contributed by atoms with Gasteiger partial charge in [-0.25, -0.2) is 9.97 Å². The summed E-state index contributed by atoms with van der Waals surface area (Å²) in [7, 11) is 0. The molecule has 2 rings (SSSR count). The summed E-state index contributed by atoms with van der Waals surface area (Å²) in [4.78, 5) is 23.3. The molecule has 1 aromatic heterocycles. The molecule has 4 nitrogen and oxygen atoms in total. The fourth-order valence-corrected chi connectivity index (χ4v) is 2.72. The Morgan fingerprint density at radius 2 is 1.58 bits per heavy atom. The maximum Gasteiger partial charge on any atom is 0.185 e. The summed E-state index contributed by atoms with van der Waals surface area (Å²) in [5, 5.41) is 0. The molecule has 0 amide bonds. The zero-order chi connectivity index (χ0) is 17.4. The Balaban J connectivity index is 2.12. The fourth-order valence-electron chi connectivity index (χ4n) is 2.72. The minimum absolute atomic E-state index is 0.0378. The van der Waals surface area contributed by atoms with Gasteiger partial charge in [0.25, 0.3) is 0 Å². The number of carbonyl (C=O) groups excluding carboxylic acids is 1. The van der Waals surface area contributed by atoms with Gasteiger partial charge in [0, 0.05) is 25.6 Å². The SMILES string of the molecule is CCCN(CCC)c1cc(C(=O)Cc2ccc(CC)cc2)ncn1. The molecule has 0 unspecified atom stereocenters. The van der Waals surface area contributed by atoms with Crippen LogP contribution in [0.5, 0.6) is 0 Å². The van der Waals surface area contributed by atoms with Gasteiger partial charge < -0.3 is 4.90 Å². The summed E-state index contributed by atoms with van der Waals surface area (Å²) in [5.74, 6) is 0.884. The van der Waals surface area contributed by atoms with Crippen molar-refractivity contribution in [2.75, 3.05) is 18.0 Å². The third-order valence-electron chi connectivity index (χ3n) is 4.05. The number of nitrogens with zero attached hydrogens (tertiary/aromatic N) is 3. The van der Waals surface area contributed by atoms with Gasteiger partial charge in [-0.05, 0) is 30.4 Å². The lowest BCUT2D eigenvalue weighted by Crippen LogP contribution is -2.26. The highest BCUT2D eigenvalue weighted by molar-refractivity contribution is 5.96. The van der Waals surface area contributed by atoms with Crippen LogP contribution in [0.15, 0.2) is 36.7 Å². The molecule has 2 aromatic rings. The van der Waals surface area contributed by atoms with Crippen LogP contribution in [-0.2, 0) is 12.8 Å². The minimum atomic E-state index is 0.0378. The van der Waals surface area contributed by atoms with Crippen molar-refractivity contribution < 1.29 is 4.79 Å². The normalized spacial score (nSPS) is 10.6.